The molecule has 0 aliphatic heterocycles. The number of nitrogens with zero attached hydrogens (tertiary/aromatic N) is 4. The largest absolute Gasteiger partial charge is 0.443 e. The summed E-state index contributed by atoms with van der Waals surface area (Å²) >= 11 is 1.26. The van der Waals surface area contributed by atoms with E-state index in [1.165, 1.54) is 16.2 Å². The Kier molecular flexibility index (Phi) is 5.66. The second-order valence-corrected chi connectivity index (χ2v) is 8.98. The van der Waals surface area contributed by atoms with Crippen LogP contribution in [0.25, 0.3) is 11.0 Å². The summed E-state index contributed by atoms with van der Waals surface area (Å²) in [6.07, 6.45) is -0.452. The zero-order valence-corrected chi connectivity index (χ0v) is 18.4. The van der Waals surface area contributed by atoms with Crippen LogP contribution in [0.4, 0.5) is 9.80 Å². The maximum absolute atomic E-state index is 12.9. The molecule has 2 heterocycles. The van der Waals surface area contributed by atoms with Crippen LogP contribution < -0.4 is 4.90 Å². The van der Waals surface area contributed by atoms with Crippen molar-refractivity contribution in [2.75, 3.05) is 19.0 Å². The highest BCUT2D eigenvalue weighted by Gasteiger charge is 2.23. The third kappa shape index (κ3) is 4.59. The molecule has 0 N–H and O–H groups in total. The fourth-order valence-corrected chi connectivity index (χ4v) is 3.80. The predicted molar refractivity (Wildman–Crippen MR) is 115 cm³/mol. The number of aromatic nitrogens is 2. The fourth-order valence-electron chi connectivity index (χ4n) is 2.85. The smallest absolute Gasteiger partial charge is 0.415 e. The van der Waals surface area contributed by atoms with Gasteiger partial charge in [-0.2, -0.15) is 0 Å². The van der Waals surface area contributed by atoms with Crippen LogP contribution in [0.1, 0.15) is 36.3 Å². The van der Waals surface area contributed by atoms with Crippen LogP contribution in [0, 0.1) is 0 Å². The maximum atomic E-state index is 12.9. The number of hydrogen-bond donors (Lipinski definition) is 0. The highest BCUT2D eigenvalue weighted by atomic mass is 32.1. The lowest BCUT2D eigenvalue weighted by Gasteiger charge is -2.23. The van der Waals surface area contributed by atoms with E-state index in [9.17, 15) is 9.59 Å². The lowest BCUT2D eigenvalue weighted by molar-refractivity contribution is 0.0590. The highest BCUT2D eigenvalue weighted by molar-refractivity contribution is 7.18. The summed E-state index contributed by atoms with van der Waals surface area (Å²) in [4.78, 5) is 33.3. The van der Waals surface area contributed by atoms with Crippen LogP contribution in [0.3, 0.4) is 0 Å². The van der Waals surface area contributed by atoms with E-state index < -0.39 is 11.7 Å². The molecule has 1 aromatic carbocycles. The molecule has 0 saturated carbocycles. The Morgan fingerprint density at radius 2 is 1.83 bits per heavy atom. The number of ether oxygens (including phenoxy) is 1. The van der Waals surface area contributed by atoms with Gasteiger partial charge in [0.05, 0.1) is 22.5 Å². The summed E-state index contributed by atoms with van der Waals surface area (Å²) in [7, 11) is 5.33. The Morgan fingerprint density at radius 3 is 2.48 bits per heavy atom. The van der Waals surface area contributed by atoms with Crippen LogP contribution in [0.5, 0.6) is 0 Å². The molecule has 0 atom stereocenters. The van der Waals surface area contributed by atoms with E-state index in [1.807, 2.05) is 56.7 Å². The fraction of sp³-hybridized carbons (Fsp3) is 0.381. The van der Waals surface area contributed by atoms with Gasteiger partial charge in [0, 0.05) is 21.1 Å². The zero-order valence-electron chi connectivity index (χ0n) is 17.6. The number of imidazole rings is 1. The quantitative estimate of drug-likeness (QED) is 0.639. The Hall–Kier alpha value is -2.87. The number of benzene rings is 1. The van der Waals surface area contributed by atoms with Gasteiger partial charge in [-0.25, -0.2) is 9.78 Å². The number of carbonyl (C=O) groups is 2. The van der Waals surface area contributed by atoms with Crippen molar-refractivity contribution in [1.29, 1.82) is 0 Å². The Morgan fingerprint density at radius 1 is 1.14 bits per heavy atom. The minimum Gasteiger partial charge on any atom is -0.443 e. The summed E-state index contributed by atoms with van der Waals surface area (Å²) < 4.78 is 7.37. The molecule has 2 aromatic heterocycles. The Bertz CT molecular complexity index is 1050. The second kappa shape index (κ2) is 7.87. The van der Waals surface area contributed by atoms with Gasteiger partial charge in [-0.3, -0.25) is 9.69 Å². The lowest BCUT2D eigenvalue weighted by atomic mass is 10.2. The van der Waals surface area contributed by atoms with Gasteiger partial charge >= 0.3 is 6.09 Å². The lowest BCUT2D eigenvalue weighted by Crippen LogP contribution is -2.33. The minimum absolute atomic E-state index is 0.120. The van der Waals surface area contributed by atoms with Gasteiger partial charge in [-0.1, -0.05) is 12.1 Å². The summed E-state index contributed by atoms with van der Waals surface area (Å²) in [5.41, 5.74) is 1.36. The number of aryl methyl sites for hydroxylation is 1. The monoisotopic (exact) mass is 414 g/mol. The Labute approximate surface area is 174 Å². The normalized spacial score (nSPS) is 11.5. The van der Waals surface area contributed by atoms with E-state index in [1.54, 1.807) is 31.1 Å². The van der Waals surface area contributed by atoms with Gasteiger partial charge in [0.1, 0.15) is 16.4 Å². The summed E-state index contributed by atoms with van der Waals surface area (Å²) in [6.45, 7) is 5.84. The molecular formula is C21H26N4O3S. The predicted octanol–water partition coefficient (Wildman–Crippen LogP) is 4.28. The second-order valence-electron chi connectivity index (χ2n) is 7.91. The number of para-hydroxylation sites is 2. The van der Waals surface area contributed by atoms with Crippen LogP contribution in [-0.4, -0.2) is 46.1 Å². The van der Waals surface area contributed by atoms with E-state index in [0.29, 0.717) is 16.4 Å². The third-order valence-corrected chi connectivity index (χ3v) is 5.56. The molecule has 0 saturated heterocycles. The summed E-state index contributed by atoms with van der Waals surface area (Å²) in [5, 5.41) is 0.652. The molecular weight excluding hydrogens is 388 g/mol. The SMILES string of the molecule is CN(Cc1nc2ccccc2n1C)C(=O)c1ccc(N(C)C(=O)OC(C)(C)C)s1. The molecule has 0 unspecified atom stereocenters. The zero-order chi connectivity index (χ0) is 21.3. The van der Waals surface area contributed by atoms with Crippen molar-refractivity contribution in [3.05, 3.63) is 47.1 Å². The molecule has 0 aliphatic carbocycles. The summed E-state index contributed by atoms with van der Waals surface area (Å²) in [5.74, 6) is 0.690. The van der Waals surface area contributed by atoms with Crippen molar-refractivity contribution in [1.82, 2.24) is 14.5 Å². The van der Waals surface area contributed by atoms with Gasteiger partial charge in [0.2, 0.25) is 0 Å². The number of rotatable bonds is 4. The van der Waals surface area contributed by atoms with Gasteiger partial charge in [-0.15, -0.1) is 11.3 Å². The molecule has 2 amide bonds. The van der Waals surface area contributed by atoms with E-state index in [2.05, 4.69) is 4.98 Å². The van der Waals surface area contributed by atoms with Crippen LogP contribution in [0.2, 0.25) is 0 Å². The molecule has 29 heavy (non-hydrogen) atoms. The number of amides is 2. The highest BCUT2D eigenvalue weighted by Crippen LogP contribution is 2.28. The molecule has 3 rings (SSSR count). The number of carbonyl (C=O) groups excluding carboxylic acids is 2. The van der Waals surface area contributed by atoms with Gasteiger partial charge in [0.15, 0.2) is 0 Å². The van der Waals surface area contributed by atoms with Crippen molar-refractivity contribution >= 4 is 39.4 Å². The van der Waals surface area contributed by atoms with Gasteiger partial charge < -0.3 is 14.2 Å². The molecule has 0 aliphatic rings. The number of hydrogen-bond acceptors (Lipinski definition) is 5. The van der Waals surface area contributed by atoms with Crippen molar-refractivity contribution in [2.24, 2.45) is 7.05 Å². The number of fused-ring (bicyclic) bond motifs is 1. The minimum atomic E-state index is -0.576. The van der Waals surface area contributed by atoms with Crippen molar-refractivity contribution in [3.63, 3.8) is 0 Å². The average molecular weight is 415 g/mol. The Balaban J connectivity index is 1.72. The standard InChI is InChI=1S/C21H26N4O3S/c1-21(2,3)28-20(27)25(6)18-12-11-16(29-18)19(26)23(4)13-17-22-14-9-7-8-10-15(14)24(17)5/h7-12H,13H2,1-6H3. The van der Waals surface area contributed by atoms with E-state index >= 15 is 0 Å². The molecule has 154 valence electrons. The molecule has 8 heteroatoms. The first-order valence-corrected chi connectivity index (χ1v) is 10.1. The first-order chi connectivity index (χ1) is 13.6. The molecule has 0 fully saturated rings. The van der Waals surface area contributed by atoms with Crippen molar-refractivity contribution in [2.45, 2.75) is 32.9 Å². The van der Waals surface area contributed by atoms with Crippen molar-refractivity contribution < 1.29 is 14.3 Å². The van der Waals surface area contributed by atoms with Crippen LogP contribution in [-0.2, 0) is 18.3 Å². The van der Waals surface area contributed by atoms with E-state index in [0.717, 1.165) is 16.9 Å². The maximum Gasteiger partial charge on any atom is 0.415 e. The first-order valence-electron chi connectivity index (χ1n) is 9.29. The first kappa shape index (κ1) is 20.9. The van der Waals surface area contributed by atoms with Crippen molar-refractivity contribution in [3.8, 4) is 0 Å². The van der Waals surface area contributed by atoms with Crippen LogP contribution in [0.15, 0.2) is 36.4 Å². The topological polar surface area (TPSA) is 67.7 Å². The number of anilines is 1. The molecule has 3 aromatic rings. The van der Waals surface area contributed by atoms with E-state index in [4.69, 9.17) is 4.74 Å². The average Bonchev–Trinajstić information content (AvgIpc) is 3.25. The molecule has 0 spiro atoms. The van der Waals surface area contributed by atoms with Crippen LogP contribution >= 0.6 is 11.3 Å². The summed E-state index contributed by atoms with van der Waals surface area (Å²) in [6, 6.07) is 11.4. The third-order valence-electron chi connectivity index (χ3n) is 4.41. The molecule has 0 radical (unpaired) electrons. The molecule has 0 bridgehead atoms. The van der Waals surface area contributed by atoms with Gasteiger partial charge in [0.25, 0.3) is 5.91 Å². The van der Waals surface area contributed by atoms with E-state index in [-0.39, 0.29) is 5.91 Å². The molecule has 7 nitrogen and oxygen atoms in total. The van der Waals surface area contributed by atoms with Gasteiger partial charge in [-0.05, 0) is 45.0 Å². The number of thiophene rings is 1.